The largest absolute Gasteiger partial charge is 0.494 e. The summed E-state index contributed by atoms with van der Waals surface area (Å²) in [6, 6.07) is 14.4. The van der Waals surface area contributed by atoms with Crippen LogP contribution in [0, 0.1) is 0 Å². The predicted molar refractivity (Wildman–Crippen MR) is 227 cm³/mol. The van der Waals surface area contributed by atoms with E-state index in [9.17, 15) is 13.9 Å². The lowest BCUT2D eigenvalue weighted by Gasteiger charge is -2.30. The van der Waals surface area contributed by atoms with Crippen molar-refractivity contribution in [1.29, 1.82) is 0 Å². The Balaban J connectivity index is 0.975. The fraction of sp³-hybridized carbons (Fsp3) is 0.368. The monoisotopic (exact) mass is 939 g/mol. The number of hydrogen-bond donors (Lipinski definition) is 2. The van der Waals surface area contributed by atoms with Gasteiger partial charge in [-0.1, -0.05) is 19.1 Å². The molecule has 0 bridgehead atoms. The van der Waals surface area contributed by atoms with Gasteiger partial charge in [0, 0.05) is 11.9 Å². The zero-order chi connectivity index (χ0) is 44.8. The quantitative estimate of drug-likeness (QED) is 0.0686. The van der Waals surface area contributed by atoms with Crippen molar-refractivity contribution in [3.8, 4) is 11.5 Å². The zero-order valence-corrected chi connectivity index (χ0v) is 36.2. The summed E-state index contributed by atoms with van der Waals surface area (Å²) < 4.78 is 111. The molecule has 0 unspecified atom stereocenters. The number of anilines is 2. The number of pyridine rings is 1. The van der Waals surface area contributed by atoms with Gasteiger partial charge in [-0.3, -0.25) is 22.7 Å². The highest BCUT2D eigenvalue weighted by atomic mass is 32.7. The summed E-state index contributed by atoms with van der Waals surface area (Å²) >= 11 is 0.683. The molecule has 0 spiro atoms. The maximum atomic E-state index is 16.8. The molecule has 6 aromatic rings. The molecule has 2 aromatic carbocycles. The first-order valence-corrected chi connectivity index (χ1v) is 24.5. The number of carbonyl (C=O) groups excluding carboxylic acids is 1. The standard InChI is InChI=1S/C38H38BF2N9O11P2S/c1-2-13-54-22-9-5-21(6-10-22)38(51)57-23-7-3-20(4-8-23)16-64-63(53)56-15-26-31(27(40)36(59-26)50-19-48-30-33(43)45-17-46-35(30)50)60-62(39,52)55-14-25-32(61-63)28(41)37(58-25)49-18-47-29-24(42)11-12-44-34(29)49/h3-12,17-19,25-28,31-32,36-37H,2,13-16H2,1H3,(H2,42,44)(H2,43,45,46)/t25-,26-,27-,28-,31-,32-,36-,37-,62-,63+/m1/s1. The SMILES string of the molecule is [B][P@@]1(=O)OC[C@H]2O[C@@H](n3cnc4c(N)ccnc43)[C@H](F)[C@@H]2O[P@@](=O)(SCc2ccc(OC(=O)c3ccc(OCCC)cc3)cc2)OC[C@H]2O[C@@H](n3cnc4c(N)ncnc43)[C@H](F)[C@@H]2O1. The summed E-state index contributed by atoms with van der Waals surface area (Å²) in [7, 11) is 1.33. The molecule has 64 heavy (non-hydrogen) atoms. The fourth-order valence-corrected chi connectivity index (χ4v) is 11.6. The van der Waals surface area contributed by atoms with Crippen LogP contribution in [0.3, 0.4) is 0 Å². The predicted octanol–water partition coefficient (Wildman–Crippen LogP) is 6.05. The molecule has 9 rings (SSSR count). The minimum atomic E-state index is -4.68. The van der Waals surface area contributed by atoms with E-state index >= 15 is 8.78 Å². The first-order valence-electron chi connectivity index (χ1n) is 19.7. The Hall–Kier alpha value is -5.03. The third-order valence-corrected chi connectivity index (χ3v) is 15.1. The average molecular weight is 940 g/mol. The molecule has 10 atom stereocenters. The highest BCUT2D eigenvalue weighted by Crippen LogP contribution is 2.65. The Morgan fingerprint density at radius 1 is 0.828 bits per heavy atom. The smallest absolute Gasteiger partial charge is 0.389 e. The molecule has 0 aliphatic carbocycles. The Labute approximate surface area is 367 Å². The number of fused-ring (bicyclic) bond motifs is 4. The van der Waals surface area contributed by atoms with Gasteiger partial charge in [0.2, 0.25) is 7.57 Å². The summed E-state index contributed by atoms with van der Waals surface area (Å²) in [4.78, 5) is 33.6. The van der Waals surface area contributed by atoms with Crippen molar-refractivity contribution >= 4 is 73.0 Å². The Bertz CT molecular complexity index is 2760. The normalized spacial score (nSPS) is 29.7. The maximum Gasteiger partial charge on any atom is 0.389 e. The minimum Gasteiger partial charge on any atom is -0.494 e. The third kappa shape index (κ3) is 8.98. The number of imidazole rings is 2. The number of esters is 1. The molecule has 3 saturated heterocycles. The number of hydrogen-bond acceptors (Lipinski definition) is 19. The number of halogens is 2. The van der Waals surface area contributed by atoms with E-state index in [0.29, 0.717) is 34.9 Å². The van der Waals surface area contributed by atoms with Crippen molar-refractivity contribution in [2.75, 3.05) is 31.3 Å². The van der Waals surface area contributed by atoms with Crippen molar-refractivity contribution in [2.45, 2.75) is 68.3 Å². The molecule has 3 fully saturated rings. The molecule has 0 saturated carbocycles. The van der Waals surface area contributed by atoms with Gasteiger partial charge in [0.05, 0.1) is 43.7 Å². The lowest BCUT2D eigenvalue weighted by molar-refractivity contribution is -0.0546. The van der Waals surface area contributed by atoms with Crippen LogP contribution in [0.4, 0.5) is 20.3 Å². The van der Waals surface area contributed by atoms with Crippen molar-refractivity contribution in [3.63, 3.8) is 0 Å². The summed E-state index contributed by atoms with van der Waals surface area (Å²) in [5, 5.41) is 0. The van der Waals surface area contributed by atoms with Gasteiger partial charge in [-0.15, -0.1) is 0 Å². The van der Waals surface area contributed by atoms with Gasteiger partial charge in [-0.25, -0.2) is 43.1 Å². The van der Waals surface area contributed by atoms with Crippen LogP contribution in [-0.4, -0.2) is 104 Å². The summed E-state index contributed by atoms with van der Waals surface area (Å²) in [6.07, 6.45) is -7.70. The first kappa shape index (κ1) is 44.2. The second-order valence-electron chi connectivity index (χ2n) is 14.7. The topological polar surface area (TPSA) is 251 Å². The number of ether oxygens (including phenoxy) is 4. The second kappa shape index (κ2) is 18.1. The van der Waals surface area contributed by atoms with Gasteiger partial charge >= 0.3 is 12.8 Å². The molecule has 4 aromatic heterocycles. The van der Waals surface area contributed by atoms with Crippen LogP contribution in [0.15, 0.2) is 79.8 Å². The average Bonchev–Trinajstić information content (AvgIpc) is 4.06. The highest BCUT2D eigenvalue weighted by molar-refractivity contribution is 8.54. The molecule has 26 heteroatoms. The van der Waals surface area contributed by atoms with Crippen LogP contribution < -0.4 is 20.9 Å². The van der Waals surface area contributed by atoms with Gasteiger partial charge in [0.1, 0.15) is 53.3 Å². The summed E-state index contributed by atoms with van der Waals surface area (Å²) in [5.41, 5.74) is 13.9. The molecule has 0 amide bonds. The lowest BCUT2D eigenvalue weighted by Crippen LogP contribution is -2.37. The van der Waals surface area contributed by atoms with Crippen LogP contribution in [0.2, 0.25) is 0 Å². The number of alkyl halides is 2. The van der Waals surface area contributed by atoms with Crippen molar-refractivity contribution in [3.05, 3.63) is 90.9 Å². The first-order chi connectivity index (χ1) is 30.8. The van der Waals surface area contributed by atoms with Gasteiger partial charge in [0.15, 0.2) is 41.9 Å². The Kier molecular flexibility index (Phi) is 12.5. The van der Waals surface area contributed by atoms with Crippen LogP contribution >= 0.6 is 25.7 Å². The van der Waals surface area contributed by atoms with Gasteiger partial charge < -0.3 is 39.5 Å². The molecule has 3 aliphatic rings. The van der Waals surface area contributed by atoms with E-state index in [4.69, 9.17) is 56.1 Å². The van der Waals surface area contributed by atoms with E-state index in [-0.39, 0.29) is 45.3 Å². The molecule has 2 radical (unpaired) electrons. The lowest BCUT2D eigenvalue weighted by atomic mass is 10.1. The summed E-state index contributed by atoms with van der Waals surface area (Å²) in [5.74, 6) is 0.236. The van der Waals surface area contributed by atoms with Gasteiger partial charge in [0.25, 0.3) is 7.47 Å². The molecule has 20 nitrogen and oxygen atoms in total. The molecule has 4 N–H and O–H groups in total. The number of rotatable bonds is 10. The zero-order valence-electron chi connectivity index (χ0n) is 33.6. The van der Waals surface area contributed by atoms with Crippen molar-refractivity contribution < 1.29 is 59.7 Å². The van der Waals surface area contributed by atoms with E-state index in [1.54, 1.807) is 48.5 Å². The molecular formula is C38H38BF2N9O11P2S. The van der Waals surface area contributed by atoms with E-state index in [2.05, 4.69) is 24.9 Å². The molecule has 3 aliphatic heterocycles. The minimum absolute atomic E-state index is 0.0240. The van der Waals surface area contributed by atoms with E-state index < -0.39 is 82.7 Å². The number of nitrogens with two attached hydrogens (primary N) is 2. The van der Waals surface area contributed by atoms with Crippen LogP contribution in [0.5, 0.6) is 11.5 Å². The van der Waals surface area contributed by atoms with Crippen molar-refractivity contribution in [2.24, 2.45) is 0 Å². The Morgan fingerprint density at radius 2 is 1.45 bits per heavy atom. The number of nitrogen functional groups attached to an aromatic ring is 2. The van der Waals surface area contributed by atoms with E-state index in [1.807, 2.05) is 6.92 Å². The van der Waals surface area contributed by atoms with Gasteiger partial charge in [-0.05, 0) is 65.8 Å². The summed E-state index contributed by atoms with van der Waals surface area (Å²) in [6.45, 7) is -3.45. The fourth-order valence-electron chi connectivity index (χ4n) is 7.22. The maximum absolute atomic E-state index is 16.8. The number of benzene rings is 2. The van der Waals surface area contributed by atoms with Crippen molar-refractivity contribution in [1.82, 2.24) is 34.1 Å². The van der Waals surface area contributed by atoms with Gasteiger partial charge in [-0.2, -0.15) is 0 Å². The number of aromatic nitrogens is 7. The van der Waals surface area contributed by atoms with Crippen LogP contribution in [-0.2, 0) is 42.5 Å². The highest BCUT2D eigenvalue weighted by Gasteiger charge is 2.54. The Morgan fingerprint density at radius 3 is 2.14 bits per heavy atom. The van der Waals surface area contributed by atoms with E-state index in [0.717, 1.165) is 12.7 Å². The molecule has 7 heterocycles. The molecular weight excluding hydrogens is 901 g/mol. The second-order valence-corrected chi connectivity index (χ2v) is 20.3. The number of nitrogens with zero attached hydrogens (tertiary/aromatic N) is 7. The number of carbonyl (C=O) groups is 1. The third-order valence-electron chi connectivity index (χ3n) is 10.4. The van der Waals surface area contributed by atoms with Crippen LogP contribution in [0.1, 0.15) is 41.7 Å². The van der Waals surface area contributed by atoms with Crippen LogP contribution in [0.25, 0.3) is 22.3 Å². The van der Waals surface area contributed by atoms with E-state index in [1.165, 1.54) is 34.1 Å². The molecule has 334 valence electrons.